The third-order valence-corrected chi connectivity index (χ3v) is 6.39. The fourth-order valence-corrected chi connectivity index (χ4v) is 4.65. The van der Waals surface area contributed by atoms with Gasteiger partial charge >= 0.3 is 0 Å². The maximum Gasteiger partial charge on any atom is 0.235 e. The number of nitrogens with zero attached hydrogens (tertiary/aromatic N) is 1. The van der Waals surface area contributed by atoms with Crippen LogP contribution in [0.2, 0.25) is 0 Å². The van der Waals surface area contributed by atoms with Gasteiger partial charge in [0.1, 0.15) is 11.5 Å². The van der Waals surface area contributed by atoms with Crippen molar-refractivity contribution in [2.75, 3.05) is 28.5 Å². The molecule has 0 spiro atoms. The number of nitrogens with one attached hydrogen (secondary N) is 1. The zero-order chi connectivity index (χ0) is 20.1. The van der Waals surface area contributed by atoms with E-state index >= 15 is 0 Å². The number of phenols is 1. The molecule has 0 unspecified atom stereocenters. The summed E-state index contributed by atoms with van der Waals surface area (Å²) in [5.41, 5.74) is 1.65. The zero-order valence-corrected chi connectivity index (χ0v) is 16.5. The Morgan fingerprint density at radius 3 is 2.61 bits per heavy atom. The Labute approximate surface area is 165 Å². The molecule has 7 nitrogen and oxygen atoms in total. The molecule has 2 N–H and O–H groups in total. The highest BCUT2D eigenvalue weighted by Crippen LogP contribution is 2.32. The minimum absolute atomic E-state index is 0.102. The van der Waals surface area contributed by atoms with Gasteiger partial charge < -0.3 is 15.2 Å². The van der Waals surface area contributed by atoms with Gasteiger partial charge in [0.25, 0.3) is 0 Å². The number of carbonyl (C=O) groups excluding carboxylic acids is 1. The van der Waals surface area contributed by atoms with Crippen molar-refractivity contribution in [1.29, 1.82) is 0 Å². The van der Waals surface area contributed by atoms with Gasteiger partial charge in [-0.3, -0.25) is 9.10 Å². The summed E-state index contributed by atoms with van der Waals surface area (Å²) in [5.74, 6) is 0.534. The summed E-state index contributed by atoms with van der Waals surface area (Å²) in [6.07, 6.45) is 1.34. The number of aryl methyl sites for hydroxylation is 1. The molecule has 2 aromatic carbocycles. The van der Waals surface area contributed by atoms with Crippen molar-refractivity contribution in [2.24, 2.45) is 0 Å². The topological polar surface area (TPSA) is 95.9 Å². The van der Waals surface area contributed by atoms with Crippen LogP contribution in [0.25, 0.3) is 0 Å². The molecular weight excluding hydrogens is 380 g/mol. The lowest BCUT2D eigenvalue weighted by Gasteiger charge is -2.18. The maximum atomic E-state index is 12.3. The van der Waals surface area contributed by atoms with Crippen LogP contribution < -0.4 is 14.4 Å². The van der Waals surface area contributed by atoms with Crippen molar-refractivity contribution in [2.45, 2.75) is 26.2 Å². The highest BCUT2D eigenvalue weighted by atomic mass is 32.2. The Balaban J connectivity index is 1.62. The Morgan fingerprint density at radius 2 is 1.96 bits per heavy atom. The number of ether oxygens (including phenoxy) is 1. The highest BCUT2D eigenvalue weighted by molar-refractivity contribution is 7.93. The van der Waals surface area contributed by atoms with Crippen LogP contribution in [-0.2, 0) is 21.2 Å². The summed E-state index contributed by atoms with van der Waals surface area (Å²) in [6, 6.07) is 12.0. The van der Waals surface area contributed by atoms with Crippen LogP contribution in [0.1, 0.15) is 25.3 Å². The van der Waals surface area contributed by atoms with E-state index in [4.69, 9.17) is 4.74 Å². The van der Waals surface area contributed by atoms with Crippen molar-refractivity contribution < 1.29 is 23.1 Å². The van der Waals surface area contributed by atoms with Gasteiger partial charge in [-0.1, -0.05) is 12.1 Å². The Bertz CT molecular complexity index is 942. The molecular formula is C20H24N2O5S. The largest absolute Gasteiger partial charge is 0.506 e. The first-order valence-corrected chi connectivity index (χ1v) is 10.8. The summed E-state index contributed by atoms with van der Waals surface area (Å²) in [6.45, 7) is 2.92. The van der Waals surface area contributed by atoms with Gasteiger partial charge in [0.15, 0.2) is 0 Å². The van der Waals surface area contributed by atoms with E-state index in [-0.39, 0.29) is 29.5 Å². The maximum absolute atomic E-state index is 12.3. The fourth-order valence-electron chi connectivity index (χ4n) is 3.10. The highest BCUT2D eigenvalue weighted by Gasteiger charge is 2.28. The van der Waals surface area contributed by atoms with Gasteiger partial charge in [-0.2, -0.15) is 0 Å². The molecule has 28 heavy (non-hydrogen) atoms. The third-order valence-electron chi connectivity index (χ3n) is 4.52. The van der Waals surface area contributed by atoms with Crippen LogP contribution in [-0.4, -0.2) is 38.3 Å². The van der Waals surface area contributed by atoms with E-state index in [0.717, 1.165) is 11.3 Å². The number of anilines is 2. The first-order chi connectivity index (χ1) is 13.4. The van der Waals surface area contributed by atoms with Gasteiger partial charge in [0.05, 0.1) is 23.7 Å². The molecule has 150 valence electrons. The number of sulfonamides is 1. The molecule has 0 aromatic heterocycles. The molecule has 1 aliphatic heterocycles. The molecule has 3 rings (SSSR count). The van der Waals surface area contributed by atoms with Crippen LogP contribution in [0.15, 0.2) is 42.5 Å². The smallest absolute Gasteiger partial charge is 0.235 e. The molecule has 0 atom stereocenters. The van der Waals surface area contributed by atoms with Crippen LogP contribution in [0.4, 0.5) is 11.4 Å². The molecule has 1 aliphatic rings. The Hall–Kier alpha value is -2.74. The van der Waals surface area contributed by atoms with Gasteiger partial charge in [0, 0.05) is 13.0 Å². The van der Waals surface area contributed by atoms with Gasteiger partial charge in [0.2, 0.25) is 15.9 Å². The molecule has 0 aliphatic carbocycles. The van der Waals surface area contributed by atoms with Crippen molar-refractivity contribution in [3.8, 4) is 11.5 Å². The SMILES string of the molecule is CCOc1ccc(CCC(=O)Nc2cc(N3CCCS3(=O)=O)ccc2O)cc1. The molecule has 1 heterocycles. The summed E-state index contributed by atoms with van der Waals surface area (Å²) < 4.78 is 30.8. The summed E-state index contributed by atoms with van der Waals surface area (Å²) >= 11 is 0. The Kier molecular flexibility index (Phi) is 6.08. The van der Waals surface area contributed by atoms with Crippen LogP contribution in [0, 0.1) is 0 Å². The lowest BCUT2D eigenvalue weighted by atomic mass is 10.1. The zero-order valence-electron chi connectivity index (χ0n) is 15.7. The van der Waals surface area contributed by atoms with E-state index in [1.54, 1.807) is 0 Å². The minimum Gasteiger partial charge on any atom is -0.506 e. The van der Waals surface area contributed by atoms with E-state index < -0.39 is 10.0 Å². The third kappa shape index (κ3) is 4.75. The first kappa shape index (κ1) is 20.0. The Morgan fingerprint density at radius 1 is 1.21 bits per heavy atom. The average molecular weight is 404 g/mol. The summed E-state index contributed by atoms with van der Waals surface area (Å²) in [4.78, 5) is 12.3. The van der Waals surface area contributed by atoms with Gasteiger partial charge in [-0.25, -0.2) is 8.42 Å². The van der Waals surface area contributed by atoms with E-state index in [2.05, 4.69) is 5.32 Å². The summed E-state index contributed by atoms with van der Waals surface area (Å²) in [7, 11) is -3.32. The second kappa shape index (κ2) is 8.52. The normalized spacial score (nSPS) is 15.4. The number of amides is 1. The van der Waals surface area contributed by atoms with Crippen molar-refractivity contribution in [3.63, 3.8) is 0 Å². The second-order valence-electron chi connectivity index (χ2n) is 6.57. The molecule has 0 radical (unpaired) electrons. The minimum atomic E-state index is -3.32. The number of rotatable bonds is 7. The number of phenolic OH excluding ortho intramolecular Hbond substituents is 1. The average Bonchev–Trinajstić information content (AvgIpc) is 3.02. The van der Waals surface area contributed by atoms with Crippen molar-refractivity contribution in [3.05, 3.63) is 48.0 Å². The number of carbonyl (C=O) groups is 1. The monoisotopic (exact) mass is 404 g/mol. The second-order valence-corrected chi connectivity index (χ2v) is 8.58. The predicted molar refractivity (Wildman–Crippen MR) is 108 cm³/mol. The van der Waals surface area contributed by atoms with E-state index in [0.29, 0.717) is 31.7 Å². The molecule has 1 fully saturated rings. The lowest BCUT2D eigenvalue weighted by Crippen LogP contribution is -2.25. The number of hydrogen-bond acceptors (Lipinski definition) is 5. The van der Waals surface area contributed by atoms with Crippen molar-refractivity contribution in [1.82, 2.24) is 0 Å². The van der Waals surface area contributed by atoms with Crippen LogP contribution in [0.5, 0.6) is 11.5 Å². The molecule has 0 bridgehead atoms. The first-order valence-electron chi connectivity index (χ1n) is 9.24. The van der Waals surface area contributed by atoms with E-state index in [1.807, 2.05) is 31.2 Å². The van der Waals surface area contributed by atoms with Crippen LogP contribution in [0.3, 0.4) is 0 Å². The van der Waals surface area contributed by atoms with Crippen molar-refractivity contribution >= 4 is 27.3 Å². The number of aromatic hydroxyl groups is 1. The number of benzene rings is 2. The standard InChI is InChI=1S/C20H24N2O5S/c1-2-27-17-8-4-15(5-9-17)6-11-20(24)21-18-14-16(7-10-19(18)23)22-12-3-13-28(22,25)26/h4-5,7-10,14,23H,2-3,6,11-13H2,1H3,(H,21,24). The summed E-state index contributed by atoms with van der Waals surface area (Å²) in [5, 5.41) is 12.7. The lowest BCUT2D eigenvalue weighted by molar-refractivity contribution is -0.116. The molecule has 1 saturated heterocycles. The van der Waals surface area contributed by atoms with Crippen LogP contribution >= 0.6 is 0 Å². The van der Waals surface area contributed by atoms with Gasteiger partial charge in [-0.05, 0) is 55.7 Å². The molecule has 1 amide bonds. The van der Waals surface area contributed by atoms with E-state index in [9.17, 15) is 18.3 Å². The fraction of sp³-hybridized carbons (Fsp3) is 0.350. The quantitative estimate of drug-likeness (QED) is 0.692. The van der Waals surface area contributed by atoms with E-state index in [1.165, 1.54) is 22.5 Å². The molecule has 8 heteroatoms. The number of hydrogen-bond donors (Lipinski definition) is 2. The molecule has 0 saturated carbocycles. The molecule has 2 aromatic rings. The predicted octanol–water partition coefficient (Wildman–Crippen LogP) is 2.90. The van der Waals surface area contributed by atoms with Gasteiger partial charge in [-0.15, -0.1) is 0 Å².